The molecule has 0 saturated heterocycles. The van der Waals surface area contributed by atoms with Gasteiger partial charge in [0.05, 0.1) is 0 Å². The van der Waals surface area contributed by atoms with Gasteiger partial charge in [0.15, 0.2) is 11.8 Å². The highest BCUT2D eigenvalue weighted by Crippen LogP contribution is 2.31. The molecule has 76 valence electrons. The lowest BCUT2D eigenvalue weighted by molar-refractivity contribution is -0.782. The number of rotatable bonds is 3. The normalized spacial score (nSPS) is 24.3. The molecular formula is C10H19ClNO+. The van der Waals surface area contributed by atoms with Crippen molar-refractivity contribution in [1.29, 1.82) is 0 Å². The van der Waals surface area contributed by atoms with Crippen molar-refractivity contribution in [1.82, 2.24) is 0 Å². The summed E-state index contributed by atoms with van der Waals surface area (Å²) in [7, 11) is 0. The molecule has 0 aromatic rings. The molecule has 0 spiro atoms. The van der Waals surface area contributed by atoms with Gasteiger partial charge in [-0.05, 0) is 26.7 Å². The second-order valence-corrected chi connectivity index (χ2v) is 4.82. The topological polar surface area (TPSA) is 17.1 Å². The summed E-state index contributed by atoms with van der Waals surface area (Å²) < 4.78 is 0.0833. The molecule has 1 aliphatic carbocycles. The van der Waals surface area contributed by atoms with Gasteiger partial charge in [0.2, 0.25) is 0 Å². The van der Waals surface area contributed by atoms with Crippen LogP contribution in [0.4, 0.5) is 0 Å². The van der Waals surface area contributed by atoms with Crippen LogP contribution >= 0.6 is 11.8 Å². The highest BCUT2D eigenvalue weighted by Gasteiger charge is 2.40. The van der Waals surface area contributed by atoms with E-state index in [-0.39, 0.29) is 10.0 Å². The fourth-order valence-electron chi connectivity index (χ4n) is 2.11. The second kappa shape index (κ2) is 4.43. The van der Waals surface area contributed by atoms with E-state index in [4.69, 9.17) is 11.8 Å². The minimum Gasteiger partial charge on any atom is -0.232 e. The summed E-state index contributed by atoms with van der Waals surface area (Å²) in [6, 6.07) is 0.523. The maximum Gasteiger partial charge on any atom is 0.319 e. The van der Waals surface area contributed by atoms with Crippen molar-refractivity contribution in [3.8, 4) is 0 Å². The number of carbonyl (C=O) groups excluding carboxylic acids is 1. The first-order valence-electron chi connectivity index (χ1n) is 5.15. The third-order valence-corrected chi connectivity index (χ3v) is 3.83. The molecular weight excluding hydrogens is 186 g/mol. The highest BCUT2D eigenvalue weighted by molar-refractivity contribution is 6.10. The van der Waals surface area contributed by atoms with Gasteiger partial charge in [0, 0.05) is 12.8 Å². The van der Waals surface area contributed by atoms with E-state index in [0.717, 1.165) is 19.3 Å². The van der Waals surface area contributed by atoms with E-state index in [1.165, 1.54) is 19.3 Å². The maximum atomic E-state index is 11.0. The lowest BCUT2D eigenvalue weighted by Crippen LogP contribution is -2.51. The molecule has 13 heavy (non-hydrogen) atoms. The van der Waals surface area contributed by atoms with Gasteiger partial charge in [0.25, 0.3) is 0 Å². The zero-order valence-electron chi connectivity index (χ0n) is 8.50. The van der Waals surface area contributed by atoms with Gasteiger partial charge in [-0.2, -0.15) is 4.00 Å². The first-order chi connectivity index (χ1) is 6.11. The Morgan fingerprint density at radius 3 is 2.23 bits per heavy atom. The Hall–Kier alpha value is -0.0800. The van der Waals surface area contributed by atoms with Gasteiger partial charge in [-0.3, -0.25) is 0 Å². The Kier molecular flexibility index (Phi) is 3.74. The first kappa shape index (κ1) is 11.0. The Bertz CT molecular complexity index is 178. The largest absolute Gasteiger partial charge is 0.319 e. The number of halogens is 1. The molecule has 0 heterocycles. The third-order valence-electron chi connectivity index (χ3n) is 3.09. The van der Waals surface area contributed by atoms with Gasteiger partial charge in [-0.1, -0.05) is 6.42 Å². The van der Waals surface area contributed by atoms with Crippen LogP contribution in [-0.2, 0) is 4.79 Å². The molecule has 1 fully saturated rings. The van der Waals surface area contributed by atoms with Crippen LogP contribution in [0.1, 0.15) is 46.0 Å². The summed E-state index contributed by atoms with van der Waals surface area (Å²) in [5, 5.41) is 0. The van der Waals surface area contributed by atoms with Crippen LogP contribution in [0.15, 0.2) is 0 Å². The fraction of sp³-hybridized carbons (Fsp3) is 0.900. The number of amides is 1. The van der Waals surface area contributed by atoms with Crippen molar-refractivity contribution in [3.63, 3.8) is 0 Å². The fourth-order valence-corrected chi connectivity index (χ4v) is 2.30. The molecule has 0 N–H and O–H groups in total. The van der Waals surface area contributed by atoms with Gasteiger partial charge < -0.3 is 0 Å². The van der Waals surface area contributed by atoms with Gasteiger partial charge in [-0.15, -0.1) is 0 Å². The van der Waals surface area contributed by atoms with Gasteiger partial charge in [0.1, 0.15) is 12.1 Å². The Morgan fingerprint density at radius 2 is 1.85 bits per heavy atom. The van der Waals surface area contributed by atoms with Gasteiger partial charge >= 0.3 is 6.41 Å². The van der Waals surface area contributed by atoms with Crippen LogP contribution < -0.4 is 0 Å². The molecule has 2 nitrogen and oxygen atoms in total. The molecule has 0 aromatic heterocycles. The van der Waals surface area contributed by atoms with Crippen LogP contribution in [0.25, 0.3) is 0 Å². The molecule has 0 radical (unpaired) electrons. The summed E-state index contributed by atoms with van der Waals surface area (Å²) in [6.07, 6.45) is 6.84. The molecule has 0 aliphatic heterocycles. The summed E-state index contributed by atoms with van der Waals surface area (Å²) in [5.41, 5.74) is 0. The number of nitrogens with zero attached hydrogens (tertiary/aromatic N) is 1. The van der Waals surface area contributed by atoms with Crippen LogP contribution in [0.2, 0.25) is 0 Å². The summed E-state index contributed by atoms with van der Waals surface area (Å²) in [4.78, 5) is 11.0. The van der Waals surface area contributed by atoms with Crippen molar-refractivity contribution in [2.24, 2.45) is 0 Å². The molecule has 0 aromatic carbocycles. The molecule has 0 bridgehead atoms. The van der Waals surface area contributed by atoms with Crippen molar-refractivity contribution in [3.05, 3.63) is 0 Å². The Balaban J connectivity index is 2.68. The third kappa shape index (κ3) is 2.23. The predicted molar refractivity (Wildman–Crippen MR) is 54.2 cm³/mol. The number of carbonyl (C=O) groups is 1. The van der Waals surface area contributed by atoms with E-state index in [9.17, 15) is 4.79 Å². The molecule has 1 atom stereocenters. The van der Waals surface area contributed by atoms with Crippen molar-refractivity contribution in [2.45, 2.75) is 58.0 Å². The summed E-state index contributed by atoms with van der Waals surface area (Å²) in [5.74, 6) is 0. The quantitative estimate of drug-likeness (QED) is 0.511. The second-order valence-electron chi connectivity index (χ2n) is 4.23. The average molecular weight is 205 g/mol. The van der Waals surface area contributed by atoms with Crippen LogP contribution in [0.5, 0.6) is 0 Å². The Labute approximate surface area is 85.6 Å². The first-order valence-corrected chi connectivity index (χ1v) is 5.49. The van der Waals surface area contributed by atoms with E-state index in [0.29, 0.717) is 6.04 Å². The minimum absolute atomic E-state index is 0.0833. The standard InChI is InChI=1S/C10H19ClNO/c1-9(2)12(11,8-13)10-6-4-3-5-7-10/h8-10H,3-7H2,1-2H3/q+1. The molecule has 3 heteroatoms. The maximum absolute atomic E-state index is 11.0. The van der Waals surface area contributed by atoms with E-state index in [2.05, 4.69) is 0 Å². The zero-order valence-corrected chi connectivity index (χ0v) is 9.26. The molecule has 1 saturated carbocycles. The van der Waals surface area contributed by atoms with Crippen molar-refractivity contribution < 1.29 is 8.80 Å². The summed E-state index contributed by atoms with van der Waals surface area (Å²) in [6.45, 7) is 4.02. The van der Waals surface area contributed by atoms with Crippen molar-refractivity contribution in [2.75, 3.05) is 0 Å². The number of hydrogen-bond donors (Lipinski definition) is 0. The lowest BCUT2D eigenvalue weighted by Gasteiger charge is -2.36. The SMILES string of the molecule is CC(C)[N+](Cl)(C=O)C1CCCCC1. The van der Waals surface area contributed by atoms with E-state index >= 15 is 0 Å². The van der Waals surface area contributed by atoms with E-state index in [1.807, 2.05) is 13.8 Å². The van der Waals surface area contributed by atoms with Crippen molar-refractivity contribution >= 4 is 18.2 Å². The molecule has 1 aliphatic rings. The molecule has 1 rings (SSSR count). The average Bonchev–Trinajstić information content (AvgIpc) is 2.17. The predicted octanol–water partition coefficient (Wildman–Crippen LogP) is 2.85. The summed E-state index contributed by atoms with van der Waals surface area (Å²) >= 11 is 6.31. The van der Waals surface area contributed by atoms with Crippen LogP contribution in [-0.4, -0.2) is 22.5 Å². The van der Waals surface area contributed by atoms with Crippen LogP contribution in [0, 0.1) is 0 Å². The van der Waals surface area contributed by atoms with E-state index < -0.39 is 0 Å². The zero-order chi connectivity index (χ0) is 9.90. The number of hydrogen-bond acceptors (Lipinski definition) is 1. The number of quaternary nitrogens is 1. The Morgan fingerprint density at radius 1 is 1.31 bits per heavy atom. The molecule has 1 unspecified atom stereocenters. The van der Waals surface area contributed by atoms with Gasteiger partial charge in [-0.25, -0.2) is 4.79 Å². The monoisotopic (exact) mass is 204 g/mol. The van der Waals surface area contributed by atoms with Crippen LogP contribution in [0.3, 0.4) is 0 Å². The highest BCUT2D eigenvalue weighted by atomic mass is 35.5. The minimum atomic E-state index is 0.0833. The lowest BCUT2D eigenvalue weighted by atomic mass is 9.94. The molecule has 1 amide bonds. The smallest absolute Gasteiger partial charge is 0.232 e. The van der Waals surface area contributed by atoms with E-state index in [1.54, 1.807) is 0 Å².